The van der Waals surface area contributed by atoms with E-state index in [1.807, 2.05) is 24.3 Å². The smallest absolute Gasteiger partial charge is 0.335 e. The van der Waals surface area contributed by atoms with E-state index in [1.165, 1.54) is 0 Å². The van der Waals surface area contributed by atoms with Crippen LogP contribution in [-0.2, 0) is 16.0 Å². The van der Waals surface area contributed by atoms with Gasteiger partial charge in [0.15, 0.2) is 5.78 Å². The lowest BCUT2D eigenvalue weighted by Gasteiger charge is -2.40. The third-order valence-electron chi connectivity index (χ3n) is 4.91. The Bertz CT molecular complexity index is 662. The molecule has 1 spiro atoms. The molecule has 0 amide bonds. The van der Waals surface area contributed by atoms with E-state index >= 15 is 0 Å². The maximum atomic E-state index is 13.0. The second-order valence-corrected chi connectivity index (χ2v) is 6.17. The van der Waals surface area contributed by atoms with E-state index in [9.17, 15) is 9.59 Å². The van der Waals surface area contributed by atoms with Crippen LogP contribution in [0.5, 0.6) is 0 Å². The molecule has 22 heavy (non-hydrogen) atoms. The third kappa shape index (κ3) is 2.32. The first-order valence-corrected chi connectivity index (χ1v) is 7.85. The first-order valence-electron chi connectivity index (χ1n) is 7.85. The number of benzene rings is 1. The summed E-state index contributed by atoms with van der Waals surface area (Å²) in [6.45, 7) is 2.09. The van der Waals surface area contributed by atoms with Gasteiger partial charge in [-0.15, -0.1) is 0 Å². The van der Waals surface area contributed by atoms with Crippen LogP contribution in [0.4, 0.5) is 0 Å². The Morgan fingerprint density at radius 2 is 2.00 bits per heavy atom. The minimum absolute atomic E-state index is 0.156. The van der Waals surface area contributed by atoms with Crippen molar-refractivity contribution in [3.05, 3.63) is 46.7 Å². The lowest BCUT2D eigenvalue weighted by molar-refractivity contribution is -0.139. The highest BCUT2D eigenvalue weighted by atomic mass is 16.5. The van der Waals surface area contributed by atoms with Gasteiger partial charge in [-0.25, -0.2) is 4.79 Å². The average Bonchev–Trinajstić information content (AvgIpc) is 2.54. The summed E-state index contributed by atoms with van der Waals surface area (Å²) >= 11 is 0. The molecule has 0 saturated heterocycles. The number of Topliss-reactive ketones (excluding diaryl/α,β-unsaturated/α-hetero) is 1. The quantitative estimate of drug-likeness (QED) is 0.853. The minimum atomic E-state index is -0.487. The number of esters is 1. The molecule has 1 unspecified atom stereocenters. The van der Waals surface area contributed by atoms with Crippen LogP contribution in [0.2, 0.25) is 0 Å². The molecule has 0 bridgehead atoms. The highest BCUT2D eigenvalue weighted by molar-refractivity contribution is 6.04. The molecular formula is C18H21NO3. The van der Waals surface area contributed by atoms with Crippen molar-refractivity contribution in [1.82, 2.24) is 0 Å². The van der Waals surface area contributed by atoms with E-state index in [4.69, 9.17) is 10.5 Å². The van der Waals surface area contributed by atoms with Crippen LogP contribution in [0.1, 0.15) is 48.5 Å². The Morgan fingerprint density at radius 3 is 2.77 bits per heavy atom. The molecule has 4 heteroatoms. The molecule has 2 aliphatic carbocycles. The van der Waals surface area contributed by atoms with Crippen molar-refractivity contribution >= 4 is 11.8 Å². The van der Waals surface area contributed by atoms with Gasteiger partial charge in [-0.1, -0.05) is 24.3 Å². The average molecular weight is 299 g/mol. The van der Waals surface area contributed by atoms with E-state index in [0.29, 0.717) is 30.7 Å². The van der Waals surface area contributed by atoms with Crippen molar-refractivity contribution < 1.29 is 14.3 Å². The van der Waals surface area contributed by atoms with Crippen molar-refractivity contribution in [3.8, 4) is 0 Å². The maximum Gasteiger partial charge on any atom is 0.335 e. The summed E-state index contributed by atoms with van der Waals surface area (Å²) in [5.74, 6) is -0.214. The predicted octanol–water partition coefficient (Wildman–Crippen LogP) is 2.76. The van der Waals surface area contributed by atoms with Crippen molar-refractivity contribution in [2.24, 2.45) is 11.1 Å². The fourth-order valence-electron chi connectivity index (χ4n) is 3.63. The Balaban J connectivity index is 1.93. The molecule has 1 aromatic rings. The zero-order chi connectivity index (χ0) is 15.7. The standard InChI is InChI=1S/C18H21NO3/c1-2-22-17(21)14-11-18(10-8-15(14)19)9-7-12-5-3-4-6-13(12)16(18)20/h3-6H,2,7-11,19H2,1H3. The molecule has 0 heterocycles. The van der Waals surface area contributed by atoms with E-state index in [2.05, 4.69) is 0 Å². The molecule has 2 N–H and O–H groups in total. The molecular weight excluding hydrogens is 278 g/mol. The number of fused-ring (bicyclic) bond motifs is 1. The van der Waals surface area contributed by atoms with Crippen LogP contribution in [0.15, 0.2) is 35.5 Å². The number of nitrogens with two attached hydrogens (primary N) is 1. The zero-order valence-electron chi connectivity index (χ0n) is 12.9. The fourth-order valence-corrected chi connectivity index (χ4v) is 3.63. The van der Waals surface area contributed by atoms with Crippen molar-refractivity contribution in [2.75, 3.05) is 6.61 Å². The normalized spacial score (nSPS) is 24.3. The Labute approximate surface area is 130 Å². The molecule has 1 atom stereocenters. The third-order valence-corrected chi connectivity index (χ3v) is 4.91. The lowest BCUT2D eigenvalue weighted by atomic mass is 9.62. The molecule has 0 saturated carbocycles. The second kappa shape index (κ2) is 5.59. The van der Waals surface area contributed by atoms with Crippen LogP contribution < -0.4 is 5.73 Å². The number of ether oxygens (including phenoxy) is 1. The first-order chi connectivity index (χ1) is 10.6. The molecule has 0 radical (unpaired) electrons. The van der Waals surface area contributed by atoms with Crippen molar-refractivity contribution in [3.63, 3.8) is 0 Å². The summed E-state index contributed by atoms with van der Waals surface area (Å²) in [5.41, 5.74) is 8.51. The molecule has 4 nitrogen and oxygen atoms in total. The Morgan fingerprint density at radius 1 is 1.27 bits per heavy atom. The van der Waals surface area contributed by atoms with Gasteiger partial charge in [-0.05, 0) is 44.6 Å². The maximum absolute atomic E-state index is 13.0. The molecule has 3 rings (SSSR count). The fraction of sp³-hybridized carbons (Fsp3) is 0.444. The first kappa shape index (κ1) is 14.8. The summed E-state index contributed by atoms with van der Waals surface area (Å²) in [6.07, 6.45) is 3.36. The summed E-state index contributed by atoms with van der Waals surface area (Å²) in [6, 6.07) is 7.77. The van der Waals surface area contributed by atoms with Gasteiger partial charge in [-0.2, -0.15) is 0 Å². The van der Waals surface area contributed by atoms with Gasteiger partial charge >= 0.3 is 5.97 Å². The highest BCUT2D eigenvalue weighted by Crippen LogP contribution is 2.47. The number of carbonyl (C=O) groups excluding carboxylic acids is 2. The Hall–Kier alpha value is -2.10. The number of rotatable bonds is 2. The molecule has 0 aromatic heterocycles. The van der Waals surface area contributed by atoms with E-state index < -0.39 is 5.41 Å². The number of carbonyl (C=O) groups is 2. The number of aryl methyl sites for hydroxylation is 1. The molecule has 0 fully saturated rings. The van der Waals surface area contributed by atoms with Crippen LogP contribution in [0.25, 0.3) is 0 Å². The van der Waals surface area contributed by atoms with Crippen LogP contribution >= 0.6 is 0 Å². The lowest BCUT2D eigenvalue weighted by Crippen LogP contribution is -2.40. The number of hydrogen-bond acceptors (Lipinski definition) is 4. The summed E-state index contributed by atoms with van der Waals surface area (Å²) in [4.78, 5) is 25.1. The monoisotopic (exact) mass is 299 g/mol. The van der Waals surface area contributed by atoms with E-state index in [0.717, 1.165) is 30.4 Å². The van der Waals surface area contributed by atoms with Crippen LogP contribution in [0.3, 0.4) is 0 Å². The van der Waals surface area contributed by atoms with E-state index in [-0.39, 0.29) is 11.8 Å². The highest BCUT2D eigenvalue weighted by Gasteiger charge is 2.46. The molecule has 2 aliphatic rings. The van der Waals surface area contributed by atoms with Crippen LogP contribution in [-0.4, -0.2) is 18.4 Å². The van der Waals surface area contributed by atoms with Gasteiger partial charge in [0, 0.05) is 16.7 Å². The minimum Gasteiger partial charge on any atom is -0.463 e. The number of allylic oxidation sites excluding steroid dienone is 1. The van der Waals surface area contributed by atoms with Gasteiger partial charge in [0.25, 0.3) is 0 Å². The molecule has 1 aromatic carbocycles. The number of ketones is 1. The number of hydrogen-bond donors (Lipinski definition) is 1. The van der Waals surface area contributed by atoms with Gasteiger partial charge in [-0.3, -0.25) is 4.79 Å². The zero-order valence-corrected chi connectivity index (χ0v) is 12.9. The molecule has 116 valence electrons. The van der Waals surface area contributed by atoms with Gasteiger partial charge < -0.3 is 10.5 Å². The predicted molar refractivity (Wildman–Crippen MR) is 83.2 cm³/mol. The second-order valence-electron chi connectivity index (χ2n) is 6.17. The Kier molecular flexibility index (Phi) is 3.77. The van der Waals surface area contributed by atoms with Crippen molar-refractivity contribution in [1.29, 1.82) is 0 Å². The van der Waals surface area contributed by atoms with Gasteiger partial charge in [0.2, 0.25) is 0 Å². The summed E-state index contributed by atoms with van der Waals surface area (Å²) in [7, 11) is 0. The van der Waals surface area contributed by atoms with Crippen LogP contribution in [0, 0.1) is 5.41 Å². The summed E-state index contributed by atoms with van der Waals surface area (Å²) in [5, 5.41) is 0. The van der Waals surface area contributed by atoms with Gasteiger partial charge in [0.05, 0.1) is 12.2 Å². The largest absolute Gasteiger partial charge is 0.463 e. The topological polar surface area (TPSA) is 69.4 Å². The SMILES string of the molecule is CCOC(=O)C1=C(N)CCC2(CCc3ccccc3C2=O)C1. The molecule has 0 aliphatic heterocycles. The summed E-state index contributed by atoms with van der Waals surface area (Å²) < 4.78 is 5.10. The van der Waals surface area contributed by atoms with Crippen molar-refractivity contribution in [2.45, 2.75) is 39.0 Å². The van der Waals surface area contributed by atoms with Gasteiger partial charge in [0.1, 0.15) is 0 Å². The van der Waals surface area contributed by atoms with E-state index in [1.54, 1.807) is 6.92 Å².